The molecular formula is C31H45FN4O4. The molecule has 2 saturated heterocycles. The average Bonchev–Trinajstić information content (AvgIpc) is 3.33. The molecule has 3 aliphatic rings. The molecule has 1 atom stereocenters. The molecule has 8 nitrogen and oxygen atoms in total. The molecule has 3 heterocycles. The molecule has 2 N–H and O–H groups in total. The summed E-state index contributed by atoms with van der Waals surface area (Å²) in [6, 6.07) is 10.0. The van der Waals surface area contributed by atoms with Gasteiger partial charge in [0, 0.05) is 61.5 Å². The van der Waals surface area contributed by atoms with E-state index in [-0.39, 0.29) is 37.1 Å². The van der Waals surface area contributed by atoms with E-state index in [4.69, 9.17) is 4.74 Å². The molecule has 0 radical (unpaired) electrons. The Labute approximate surface area is 238 Å². The van der Waals surface area contributed by atoms with Crippen LogP contribution in [0.15, 0.2) is 36.4 Å². The Balaban J connectivity index is 0.000000876. The number of carbonyl (C=O) groups is 3. The summed E-state index contributed by atoms with van der Waals surface area (Å²) in [5, 5.41) is 5.58. The first-order valence-electron chi connectivity index (χ1n) is 14.6. The van der Waals surface area contributed by atoms with Gasteiger partial charge in [0.15, 0.2) is 0 Å². The molecule has 0 spiro atoms. The Morgan fingerprint density at radius 1 is 1.00 bits per heavy atom. The van der Waals surface area contributed by atoms with Crippen LogP contribution in [0.5, 0.6) is 0 Å². The number of hydrogen-bond acceptors (Lipinski definition) is 6. The van der Waals surface area contributed by atoms with Crippen molar-refractivity contribution in [3.63, 3.8) is 0 Å². The number of carbonyl (C=O) groups excluding carboxylic acids is 3. The second-order valence-corrected chi connectivity index (χ2v) is 8.90. The molecule has 5 rings (SSSR count). The zero-order chi connectivity index (χ0) is 29.7. The maximum atomic E-state index is 14.8. The summed E-state index contributed by atoms with van der Waals surface area (Å²) in [4.78, 5) is 40.5. The minimum absolute atomic E-state index is 0.211. The Morgan fingerprint density at radius 2 is 1.70 bits per heavy atom. The van der Waals surface area contributed by atoms with Gasteiger partial charge in [-0.1, -0.05) is 59.7 Å². The fourth-order valence-electron chi connectivity index (χ4n) is 4.79. The van der Waals surface area contributed by atoms with Gasteiger partial charge in [-0.2, -0.15) is 0 Å². The van der Waals surface area contributed by atoms with Gasteiger partial charge in [-0.05, 0) is 30.2 Å². The maximum absolute atomic E-state index is 14.8. The van der Waals surface area contributed by atoms with Crippen LogP contribution in [0.2, 0.25) is 0 Å². The Bertz CT molecular complexity index is 1130. The number of nitrogens with zero attached hydrogens (tertiary/aromatic N) is 2. The number of anilines is 1. The van der Waals surface area contributed by atoms with Gasteiger partial charge in [0.25, 0.3) is 5.91 Å². The first kappa shape index (κ1) is 32.9. The molecule has 0 aromatic heterocycles. The van der Waals surface area contributed by atoms with Crippen molar-refractivity contribution in [2.75, 3.05) is 31.6 Å². The number of hydrogen-bond donors (Lipinski definition) is 2. The van der Waals surface area contributed by atoms with E-state index in [2.05, 4.69) is 15.5 Å². The highest BCUT2D eigenvalue weighted by Gasteiger charge is 2.39. The van der Waals surface area contributed by atoms with Crippen LogP contribution in [0.3, 0.4) is 0 Å². The SMILES string of the molecule is CC.CC.CC.O=C1CCC(N2Cc3c(NCc4ccc(CN5CCOCC5)cc4F)cccc3C2=O)C(=O)N1. The molecule has 3 amide bonds. The number of ether oxygens (including phenoxy) is 1. The normalized spacial score (nSPS) is 18.2. The molecule has 0 bridgehead atoms. The van der Waals surface area contributed by atoms with Crippen LogP contribution in [-0.2, 0) is 34.0 Å². The first-order chi connectivity index (χ1) is 19.5. The maximum Gasteiger partial charge on any atom is 0.255 e. The average molecular weight is 557 g/mol. The van der Waals surface area contributed by atoms with E-state index in [1.54, 1.807) is 24.3 Å². The van der Waals surface area contributed by atoms with Crippen LogP contribution < -0.4 is 10.6 Å². The number of rotatable bonds is 6. The molecule has 1 unspecified atom stereocenters. The van der Waals surface area contributed by atoms with Gasteiger partial charge in [-0.3, -0.25) is 24.6 Å². The zero-order valence-electron chi connectivity index (χ0n) is 24.8. The number of morpholine rings is 1. The number of amides is 3. The molecule has 2 fully saturated rings. The Kier molecular flexibility index (Phi) is 13.8. The van der Waals surface area contributed by atoms with Crippen LogP contribution >= 0.6 is 0 Å². The predicted octanol–water partition coefficient (Wildman–Crippen LogP) is 5.11. The highest BCUT2D eigenvalue weighted by Crippen LogP contribution is 2.32. The molecule has 9 heteroatoms. The van der Waals surface area contributed by atoms with E-state index in [9.17, 15) is 18.8 Å². The number of imide groups is 1. The third kappa shape index (κ3) is 8.11. The summed E-state index contributed by atoms with van der Waals surface area (Å²) >= 11 is 0. The number of benzene rings is 2. The van der Waals surface area contributed by atoms with Crippen LogP contribution in [0, 0.1) is 5.82 Å². The summed E-state index contributed by atoms with van der Waals surface area (Å²) < 4.78 is 20.2. The van der Waals surface area contributed by atoms with Gasteiger partial charge in [0.1, 0.15) is 11.9 Å². The van der Waals surface area contributed by atoms with E-state index >= 15 is 0 Å². The summed E-state index contributed by atoms with van der Waals surface area (Å²) in [5.41, 5.74) is 3.50. The fraction of sp³-hybridized carbons (Fsp3) is 0.516. The van der Waals surface area contributed by atoms with Gasteiger partial charge < -0.3 is 15.0 Å². The lowest BCUT2D eigenvalue weighted by Gasteiger charge is -2.29. The van der Waals surface area contributed by atoms with Crippen molar-refractivity contribution in [1.82, 2.24) is 15.1 Å². The lowest BCUT2D eigenvalue weighted by molar-refractivity contribution is -0.136. The lowest BCUT2D eigenvalue weighted by atomic mass is 10.0. The second-order valence-electron chi connectivity index (χ2n) is 8.90. The molecule has 0 saturated carbocycles. The van der Waals surface area contributed by atoms with Crippen LogP contribution in [0.4, 0.5) is 10.1 Å². The number of nitrogens with one attached hydrogen (secondary N) is 2. The van der Waals surface area contributed by atoms with Crippen LogP contribution in [0.25, 0.3) is 0 Å². The summed E-state index contributed by atoms with van der Waals surface area (Å²) in [7, 11) is 0. The molecule has 3 aliphatic heterocycles. The van der Waals surface area contributed by atoms with E-state index in [0.717, 1.165) is 29.9 Å². The Hall–Kier alpha value is -3.30. The van der Waals surface area contributed by atoms with Crippen molar-refractivity contribution in [3.05, 3.63) is 64.5 Å². The fourth-order valence-corrected chi connectivity index (χ4v) is 4.79. The number of fused-ring (bicyclic) bond motifs is 1. The first-order valence-corrected chi connectivity index (χ1v) is 14.6. The van der Waals surface area contributed by atoms with Gasteiger partial charge in [-0.25, -0.2) is 4.39 Å². The van der Waals surface area contributed by atoms with Gasteiger partial charge in [0.2, 0.25) is 11.8 Å². The number of piperidine rings is 1. The summed E-state index contributed by atoms with van der Waals surface area (Å²) in [6.45, 7) is 16.3. The minimum atomic E-state index is -0.665. The van der Waals surface area contributed by atoms with Gasteiger partial charge >= 0.3 is 0 Å². The smallest absolute Gasteiger partial charge is 0.255 e. The van der Waals surface area contributed by atoms with Crippen LogP contribution in [-0.4, -0.2) is 59.9 Å². The molecule has 2 aromatic carbocycles. The molecule has 40 heavy (non-hydrogen) atoms. The second kappa shape index (κ2) is 16.7. The lowest BCUT2D eigenvalue weighted by Crippen LogP contribution is -2.52. The highest BCUT2D eigenvalue weighted by molar-refractivity contribution is 6.06. The van der Waals surface area contributed by atoms with Gasteiger partial charge in [0.05, 0.1) is 13.2 Å². The quantitative estimate of drug-likeness (QED) is 0.481. The molecule has 220 valence electrons. The third-order valence-corrected chi connectivity index (χ3v) is 6.68. The standard InChI is InChI=1S/C25H27FN4O4.3C2H6/c26-20-12-16(14-29-8-10-34-11-9-29)4-5-17(20)13-27-21-3-1-2-18-19(21)15-30(25(18)33)22-6-7-23(31)28-24(22)32;3*1-2/h1-5,12,22,27H,6-11,13-15H2,(H,28,31,32);3*1-2H3. The largest absolute Gasteiger partial charge is 0.381 e. The van der Waals surface area contributed by atoms with E-state index in [1.165, 1.54) is 4.90 Å². The van der Waals surface area contributed by atoms with Crippen molar-refractivity contribution < 1.29 is 23.5 Å². The molecule has 0 aliphatic carbocycles. The van der Waals surface area contributed by atoms with Crippen molar-refractivity contribution >= 4 is 23.4 Å². The third-order valence-electron chi connectivity index (χ3n) is 6.68. The summed E-state index contributed by atoms with van der Waals surface area (Å²) in [6.07, 6.45) is 0.525. The van der Waals surface area contributed by atoms with E-state index < -0.39 is 11.9 Å². The van der Waals surface area contributed by atoms with Crippen molar-refractivity contribution in [3.8, 4) is 0 Å². The zero-order valence-corrected chi connectivity index (χ0v) is 24.8. The van der Waals surface area contributed by atoms with Gasteiger partial charge in [-0.15, -0.1) is 0 Å². The summed E-state index contributed by atoms with van der Waals surface area (Å²) in [5.74, 6) is -1.25. The van der Waals surface area contributed by atoms with Crippen molar-refractivity contribution in [2.45, 2.75) is 80.1 Å². The van der Waals surface area contributed by atoms with Crippen molar-refractivity contribution in [2.24, 2.45) is 0 Å². The van der Waals surface area contributed by atoms with Crippen molar-refractivity contribution in [1.29, 1.82) is 0 Å². The Morgan fingerprint density at radius 3 is 2.35 bits per heavy atom. The molecule has 2 aromatic rings. The minimum Gasteiger partial charge on any atom is -0.381 e. The predicted molar refractivity (Wildman–Crippen MR) is 156 cm³/mol. The van der Waals surface area contributed by atoms with E-state index in [0.29, 0.717) is 37.3 Å². The topological polar surface area (TPSA) is 91.0 Å². The number of halogens is 1. The highest BCUT2D eigenvalue weighted by atomic mass is 19.1. The molecular weight excluding hydrogens is 511 g/mol. The van der Waals surface area contributed by atoms with Crippen LogP contribution in [0.1, 0.15) is 81.4 Å². The monoisotopic (exact) mass is 556 g/mol. The van der Waals surface area contributed by atoms with E-state index in [1.807, 2.05) is 53.7 Å².